The summed E-state index contributed by atoms with van der Waals surface area (Å²) in [7, 11) is 1.85. The zero-order chi connectivity index (χ0) is 18.8. The quantitative estimate of drug-likeness (QED) is 0.227. The molecule has 2 rings (SSSR count). The first-order valence-corrected chi connectivity index (χ1v) is 10.1. The van der Waals surface area contributed by atoms with Gasteiger partial charge in [-0.05, 0) is 57.9 Å². The van der Waals surface area contributed by atoms with Crippen LogP contribution in [0.4, 0.5) is 0 Å². The monoisotopic (exact) mass is 491 g/mol. The lowest BCUT2D eigenvalue weighted by Crippen LogP contribution is -2.43. The molecule has 2 N–H and O–H groups in total. The second-order valence-corrected chi connectivity index (χ2v) is 7.51. The first-order valence-electron chi connectivity index (χ1n) is 10.1. The third-order valence-electron chi connectivity index (χ3n) is 5.44. The molecule has 0 radical (unpaired) electrons. The molecule has 1 aromatic heterocycles. The smallest absolute Gasteiger partial charge is 0.190 e. The van der Waals surface area contributed by atoms with Crippen LogP contribution in [0.3, 0.4) is 0 Å². The summed E-state index contributed by atoms with van der Waals surface area (Å²) in [5.41, 5.74) is 2.68. The molecule has 27 heavy (non-hydrogen) atoms. The van der Waals surface area contributed by atoms with Gasteiger partial charge in [0.2, 0.25) is 0 Å². The van der Waals surface area contributed by atoms with Gasteiger partial charge in [-0.2, -0.15) is 5.10 Å². The molecule has 0 aromatic carbocycles. The van der Waals surface area contributed by atoms with E-state index in [1.54, 1.807) is 0 Å². The maximum Gasteiger partial charge on any atom is 0.190 e. The summed E-state index contributed by atoms with van der Waals surface area (Å²) in [6.07, 6.45) is 7.43. The molecule has 0 aliphatic heterocycles. The van der Waals surface area contributed by atoms with Crippen LogP contribution in [-0.2, 0) is 11.3 Å². The van der Waals surface area contributed by atoms with Crippen LogP contribution in [0.2, 0.25) is 0 Å². The molecule has 1 heterocycles. The van der Waals surface area contributed by atoms with Crippen molar-refractivity contribution in [2.75, 3.05) is 33.4 Å². The van der Waals surface area contributed by atoms with Gasteiger partial charge in [0.1, 0.15) is 0 Å². The maximum atomic E-state index is 5.60. The minimum absolute atomic E-state index is 0. The van der Waals surface area contributed by atoms with Crippen molar-refractivity contribution in [2.24, 2.45) is 10.4 Å². The number of aliphatic imine (C=N–C) groups is 1. The largest absolute Gasteiger partial charge is 0.382 e. The summed E-state index contributed by atoms with van der Waals surface area (Å²) in [6.45, 7) is 10.7. The van der Waals surface area contributed by atoms with Crippen LogP contribution in [0, 0.1) is 19.3 Å². The molecule has 0 bridgehead atoms. The van der Waals surface area contributed by atoms with Crippen LogP contribution in [0.25, 0.3) is 0 Å². The second kappa shape index (κ2) is 12.6. The Hall–Kier alpha value is -0.830. The van der Waals surface area contributed by atoms with Gasteiger partial charge in [0, 0.05) is 45.6 Å². The Morgan fingerprint density at radius 3 is 2.63 bits per heavy atom. The third-order valence-corrected chi connectivity index (χ3v) is 5.44. The summed E-state index contributed by atoms with van der Waals surface area (Å²) < 4.78 is 7.68. The van der Waals surface area contributed by atoms with E-state index in [1.807, 2.05) is 14.0 Å². The van der Waals surface area contributed by atoms with Crippen molar-refractivity contribution in [3.05, 3.63) is 17.5 Å². The van der Waals surface area contributed by atoms with Crippen molar-refractivity contribution >= 4 is 29.9 Å². The Bertz CT molecular complexity index is 567. The average molecular weight is 491 g/mol. The topological polar surface area (TPSA) is 63.5 Å². The highest BCUT2D eigenvalue weighted by Crippen LogP contribution is 2.40. The van der Waals surface area contributed by atoms with Crippen molar-refractivity contribution in [1.29, 1.82) is 0 Å². The van der Waals surface area contributed by atoms with Crippen molar-refractivity contribution in [3.63, 3.8) is 0 Å². The molecule has 0 spiro atoms. The molecule has 1 saturated carbocycles. The maximum absolute atomic E-state index is 5.60. The van der Waals surface area contributed by atoms with E-state index in [0.717, 1.165) is 57.3 Å². The molecule has 1 aliphatic carbocycles. The summed E-state index contributed by atoms with van der Waals surface area (Å²) in [4.78, 5) is 4.38. The van der Waals surface area contributed by atoms with E-state index in [9.17, 15) is 0 Å². The number of aryl methyl sites for hydroxylation is 3. The van der Waals surface area contributed by atoms with E-state index in [2.05, 4.69) is 45.3 Å². The standard InChI is InChI=1S/C20H37N5O.HI/c1-5-26-14-11-20(9-6-7-10-20)16-23-19(21-4)22-12-8-13-25-18(3)15-17(2)24-25;/h15H,5-14,16H2,1-4H3,(H2,21,22,23);1H. The molecular formula is C20H38IN5O. The Labute approximate surface area is 181 Å². The van der Waals surface area contributed by atoms with Crippen molar-refractivity contribution in [3.8, 4) is 0 Å². The molecule has 0 saturated heterocycles. The van der Waals surface area contributed by atoms with Crippen molar-refractivity contribution in [1.82, 2.24) is 20.4 Å². The van der Waals surface area contributed by atoms with Crippen molar-refractivity contribution < 1.29 is 4.74 Å². The van der Waals surface area contributed by atoms with Gasteiger partial charge < -0.3 is 15.4 Å². The van der Waals surface area contributed by atoms with Gasteiger partial charge in [0.05, 0.1) is 5.69 Å². The SMILES string of the molecule is CCOCCC1(CNC(=NC)NCCCn2nc(C)cc2C)CCCC1.I. The van der Waals surface area contributed by atoms with Crippen LogP contribution in [-0.4, -0.2) is 49.1 Å². The molecule has 7 heteroatoms. The number of hydrogen-bond donors (Lipinski definition) is 2. The summed E-state index contributed by atoms with van der Waals surface area (Å²) in [5.74, 6) is 0.904. The zero-order valence-corrected chi connectivity index (χ0v) is 19.8. The summed E-state index contributed by atoms with van der Waals surface area (Å²) in [5, 5.41) is 11.5. The molecule has 1 fully saturated rings. The predicted octanol–water partition coefficient (Wildman–Crippen LogP) is 3.66. The highest BCUT2D eigenvalue weighted by Gasteiger charge is 2.33. The first-order chi connectivity index (χ1) is 12.6. The second-order valence-electron chi connectivity index (χ2n) is 7.51. The van der Waals surface area contributed by atoms with Crippen LogP contribution < -0.4 is 10.6 Å². The summed E-state index contributed by atoms with van der Waals surface area (Å²) >= 11 is 0. The van der Waals surface area contributed by atoms with Gasteiger partial charge in [-0.15, -0.1) is 24.0 Å². The molecule has 6 nitrogen and oxygen atoms in total. The van der Waals surface area contributed by atoms with E-state index >= 15 is 0 Å². The summed E-state index contributed by atoms with van der Waals surface area (Å²) in [6, 6.07) is 2.12. The lowest BCUT2D eigenvalue weighted by molar-refractivity contribution is 0.105. The fourth-order valence-corrected chi connectivity index (χ4v) is 3.90. The molecule has 0 amide bonds. The molecule has 156 valence electrons. The lowest BCUT2D eigenvalue weighted by atomic mass is 9.83. The van der Waals surface area contributed by atoms with Crippen LogP contribution in [0.15, 0.2) is 11.1 Å². The normalized spacial score (nSPS) is 16.2. The van der Waals surface area contributed by atoms with Gasteiger partial charge in [-0.25, -0.2) is 0 Å². The van der Waals surface area contributed by atoms with Crippen LogP contribution >= 0.6 is 24.0 Å². The van der Waals surface area contributed by atoms with Gasteiger partial charge >= 0.3 is 0 Å². The molecule has 1 aliphatic rings. The average Bonchev–Trinajstić information content (AvgIpc) is 3.21. The fraction of sp³-hybridized carbons (Fsp3) is 0.800. The Kier molecular flexibility index (Phi) is 11.3. The highest BCUT2D eigenvalue weighted by molar-refractivity contribution is 14.0. The van der Waals surface area contributed by atoms with Crippen LogP contribution in [0.1, 0.15) is 56.8 Å². The number of hydrogen-bond acceptors (Lipinski definition) is 3. The minimum Gasteiger partial charge on any atom is -0.382 e. The molecule has 0 atom stereocenters. The number of halogens is 1. The van der Waals surface area contributed by atoms with E-state index in [4.69, 9.17) is 4.74 Å². The number of aromatic nitrogens is 2. The Morgan fingerprint density at radius 1 is 1.30 bits per heavy atom. The number of guanidine groups is 1. The van der Waals surface area contributed by atoms with Gasteiger partial charge in [0.25, 0.3) is 0 Å². The number of ether oxygens (including phenoxy) is 1. The number of nitrogens with zero attached hydrogens (tertiary/aromatic N) is 3. The van der Waals surface area contributed by atoms with Gasteiger partial charge in [-0.3, -0.25) is 9.67 Å². The third kappa shape index (κ3) is 7.97. The van der Waals surface area contributed by atoms with E-state index < -0.39 is 0 Å². The molecule has 1 aromatic rings. The van der Waals surface area contributed by atoms with Gasteiger partial charge in [-0.1, -0.05) is 12.8 Å². The first kappa shape index (κ1) is 24.2. The highest BCUT2D eigenvalue weighted by atomic mass is 127. The minimum atomic E-state index is 0. The van der Waals surface area contributed by atoms with Crippen LogP contribution in [0.5, 0.6) is 0 Å². The molecule has 0 unspecified atom stereocenters. The van der Waals surface area contributed by atoms with Crippen molar-refractivity contribution in [2.45, 2.75) is 65.8 Å². The number of rotatable bonds is 10. The van der Waals surface area contributed by atoms with Gasteiger partial charge in [0.15, 0.2) is 5.96 Å². The Morgan fingerprint density at radius 2 is 2.04 bits per heavy atom. The van der Waals surface area contributed by atoms with E-state index in [-0.39, 0.29) is 24.0 Å². The van der Waals surface area contributed by atoms with E-state index in [1.165, 1.54) is 31.4 Å². The Balaban J connectivity index is 0.00000364. The van der Waals surface area contributed by atoms with E-state index in [0.29, 0.717) is 5.41 Å². The fourth-order valence-electron chi connectivity index (χ4n) is 3.90. The number of nitrogens with one attached hydrogen (secondary N) is 2. The zero-order valence-electron chi connectivity index (χ0n) is 17.5. The lowest BCUT2D eigenvalue weighted by Gasteiger charge is -2.30. The predicted molar refractivity (Wildman–Crippen MR) is 123 cm³/mol. The molecular weight excluding hydrogens is 453 g/mol.